The minimum Gasteiger partial charge on any atom is -0.444 e. The van der Waals surface area contributed by atoms with Crippen molar-refractivity contribution in [1.29, 1.82) is 0 Å². The zero-order chi connectivity index (χ0) is 23.4. The van der Waals surface area contributed by atoms with Crippen LogP contribution in [0, 0.1) is 5.41 Å². The van der Waals surface area contributed by atoms with E-state index in [1.54, 1.807) is 12.1 Å². The summed E-state index contributed by atoms with van der Waals surface area (Å²) < 4.78 is 7.71. The molecule has 2 aromatic heterocycles. The van der Waals surface area contributed by atoms with Crippen molar-refractivity contribution in [2.24, 2.45) is 5.41 Å². The molecule has 1 aromatic carbocycles. The second-order valence-electron chi connectivity index (χ2n) is 10.2. The molecule has 3 aromatic rings. The van der Waals surface area contributed by atoms with E-state index in [0.717, 1.165) is 36.8 Å². The number of carbonyl (C=O) groups excluding carboxylic acids is 2. The van der Waals surface area contributed by atoms with Gasteiger partial charge in [-0.3, -0.25) is 10.1 Å². The third-order valence-electron chi connectivity index (χ3n) is 6.46. The third-order valence-corrected chi connectivity index (χ3v) is 7.38. The number of likely N-dealkylation sites (tertiary alicyclic amines) is 1. The number of nitrogens with one attached hydrogen (secondary N) is 1. The zero-order valence-corrected chi connectivity index (χ0v) is 19.9. The molecule has 2 amide bonds. The fourth-order valence-corrected chi connectivity index (χ4v) is 5.68. The van der Waals surface area contributed by atoms with Gasteiger partial charge >= 0.3 is 6.09 Å². The number of aromatic nitrogens is 2. The van der Waals surface area contributed by atoms with Crippen LogP contribution in [0.4, 0.5) is 15.7 Å². The van der Waals surface area contributed by atoms with Crippen molar-refractivity contribution < 1.29 is 14.3 Å². The number of ether oxygens (including phenoxy) is 1. The summed E-state index contributed by atoms with van der Waals surface area (Å²) in [5.74, 6) is 0.342. The molecular weight excluding hydrogens is 438 g/mol. The van der Waals surface area contributed by atoms with Crippen molar-refractivity contribution in [3.63, 3.8) is 0 Å². The molecular formula is C24H29N5O3S. The molecule has 0 radical (unpaired) electrons. The fourth-order valence-electron chi connectivity index (χ4n) is 5.01. The summed E-state index contributed by atoms with van der Waals surface area (Å²) >= 11 is 1.26. The van der Waals surface area contributed by atoms with Gasteiger partial charge < -0.3 is 19.9 Å². The average Bonchev–Trinajstić information content (AvgIpc) is 3.42. The standard InChI is InChI=1S/C24H29N5O3S/c1-23(2,3)32-22(31)28-11-10-24(14-28)12-15(13-24)29-17-7-5-4-6-16(17)26-21(29)27-20(30)18-8-9-19(25)33-18/h4-9,15H,10-14,25H2,1-3H3,(H,26,27,30)/t15-,24-. The summed E-state index contributed by atoms with van der Waals surface area (Å²) in [6, 6.07) is 11.6. The van der Waals surface area contributed by atoms with Crippen LogP contribution in [-0.4, -0.2) is 45.1 Å². The van der Waals surface area contributed by atoms with Crippen molar-refractivity contribution in [3.8, 4) is 0 Å². The Morgan fingerprint density at radius 2 is 1.97 bits per heavy atom. The van der Waals surface area contributed by atoms with E-state index in [1.807, 2.05) is 49.9 Å². The first-order chi connectivity index (χ1) is 15.6. The molecule has 1 aliphatic heterocycles. The second-order valence-corrected chi connectivity index (χ2v) is 11.3. The van der Waals surface area contributed by atoms with Gasteiger partial charge in [0.1, 0.15) is 5.60 Å². The van der Waals surface area contributed by atoms with Crippen molar-refractivity contribution in [2.75, 3.05) is 24.1 Å². The largest absolute Gasteiger partial charge is 0.444 e. The van der Waals surface area contributed by atoms with Crippen LogP contribution < -0.4 is 11.1 Å². The number of rotatable bonds is 3. The maximum absolute atomic E-state index is 12.8. The van der Waals surface area contributed by atoms with Gasteiger partial charge in [0.25, 0.3) is 5.91 Å². The van der Waals surface area contributed by atoms with Crippen molar-refractivity contribution >= 4 is 45.3 Å². The lowest BCUT2D eigenvalue weighted by Crippen LogP contribution is -2.43. The highest BCUT2D eigenvalue weighted by Gasteiger charge is 2.51. The number of imidazole rings is 1. The van der Waals surface area contributed by atoms with Crippen molar-refractivity contribution in [3.05, 3.63) is 41.3 Å². The molecule has 1 aliphatic carbocycles. The van der Waals surface area contributed by atoms with E-state index in [2.05, 4.69) is 9.88 Å². The molecule has 2 fully saturated rings. The smallest absolute Gasteiger partial charge is 0.410 e. The summed E-state index contributed by atoms with van der Waals surface area (Å²) in [7, 11) is 0. The first-order valence-electron chi connectivity index (χ1n) is 11.2. The van der Waals surface area contributed by atoms with Gasteiger partial charge in [0, 0.05) is 19.1 Å². The fraction of sp³-hybridized carbons (Fsp3) is 0.458. The molecule has 0 bridgehead atoms. The van der Waals surface area contributed by atoms with Crippen LogP contribution in [-0.2, 0) is 4.74 Å². The summed E-state index contributed by atoms with van der Waals surface area (Å²) in [6.07, 6.45) is 2.59. The highest BCUT2D eigenvalue weighted by atomic mass is 32.1. The van der Waals surface area contributed by atoms with E-state index >= 15 is 0 Å². The molecule has 1 saturated heterocycles. The lowest BCUT2D eigenvalue weighted by molar-refractivity contribution is 0.0199. The summed E-state index contributed by atoms with van der Waals surface area (Å²) in [5, 5.41) is 3.60. The first-order valence-corrected chi connectivity index (χ1v) is 12.1. The Balaban J connectivity index is 1.34. The van der Waals surface area contributed by atoms with Crippen molar-refractivity contribution in [1.82, 2.24) is 14.5 Å². The molecule has 0 atom stereocenters. The molecule has 3 heterocycles. The highest BCUT2D eigenvalue weighted by Crippen LogP contribution is 2.55. The maximum Gasteiger partial charge on any atom is 0.410 e. The van der Waals surface area contributed by atoms with Gasteiger partial charge in [0.2, 0.25) is 5.95 Å². The number of anilines is 2. The molecule has 8 nitrogen and oxygen atoms in total. The van der Waals surface area contributed by atoms with Gasteiger partial charge in [-0.25, -0.2) is 9.78 Å². The zero-order valence-electron chi connectivity index (χ0n) is 19.1. The van der Waals surface area contributed by atoms with Gasteiger partial charge in [0.05, 0.1) is 20.9 Å². The van der Waals surface area contributed by atoms with E-state index in [0.29, 0.717) is 22.4 Å². The summed E-state index contributed by atoms with van der Waals surface area (Å²) in [5.41, 5.74) is 7.24. The van der Waals surface area contributed by atoms with Crippen LogP contribution >= 0.6 is 11.3 Å². The van der Waals surface area contributed by atoms with E-state index < -0.39 is 5.60 Å². The number of carbonyl (C=O) groups is 2. The average molecular weight is 468 g/mol. The molecule has 174 valence electrons. The van der Waals surface area contributed by atoms with Gasteiger partial charge in [-0.1, -0.05) is 12.1 Å². The number of benzene rings is 1. The Morgan fingerprint density at radius 3 is 2.67 bits per heavy atom. The quantitative estimate of drug-likeness (QED) is 0.571. The van der Waals surface area contributed by atoms with E-state index in [-0.39, 0.29) is 23.5 Å². The summed E-state index contributed by atoms with van der Waals surface area (Å²) in [6.45, 7) is 7.10. The topological polar surface area (TPSA) is 102 Å². The lowest BCUT2D eigenvalue weighted by Gasteiger charge is -2.46. The lowest BCUT2D eigenvalue weighted by atomic mass is 9.65. The van der Waals surface area contributed by atoms with E-state index in [1.165, 1.54) is 11.3 Å². The van der Waals surface area contributed by atoms with Crippen LogP contribution in [0.15, 0.2) is 36.4 Å². The van der Waals surface area contributed by atoms with Crippen LogP contribution in [0.1, 0.15) is 55.7 Å². The van der Waals surface area contributed by atoms with Crippen LogP contribution in [0.25, 0.3) is 11.0 Å². The number of nitrogens with two attached hydrogens (primary N) is 1. The van der Waals surface area contributed by atoms with Gasteiger partial charge in [-0.15, -0.1) is 11.3 Å². The van der Waals surface area contributed by atoms with Gasteiger partial charge in [-0.05, 0) is 69.7 Å². The van der Waals surface area contributed by atoms with Crippen molar-refractivity contribution in [2.45, 2.75) is 51.7 Å². The van der Waals surface area contributed by atoms with Gasteiger partial charge in [-0.2, -0.15) is 0 Å². The molecule has 33 heavy (non-hydrogen) atoms. The molecule has 9 heteroatoms. The first kappa shape index (κ1) is 21.8. The third kappa shape index (κ3) is 4.17. The Bertz CT molecular complexity index is 1220. The Kier molecular flexibility index (Phi) is 5.12. The monoisotopic (exact) mass is 467 g/mol. The molecule has 1 spiro atoms. The Morgan fingerprint density at radius 1 is 1.21 bits per heavy atom. The molecule has 2 aliphatic rings. The van der Waals surface area contributed by atoms with Crippen LogP contribution in [0.5, 0.6) is 0 Å². The maximum atomic E-state index is 12.8. The number of nitrogen functional groups attached to an aromatic ring is 1. The minimum atomic E-state index is -0.495. The highest BCUT2D eigenvalue weighted by molar-refractivity contribution is 7.17. The molecule has 0 unspecified atom stereocenters. The SMILES string of the molecule is CC(C)(C)OC(=O)N1CC[C@]2(C1)C[C@H](n1c(NC(=O)c3ccc(N)s3)nc3ccccc31)C2. The molecule has 1 saturated carbocycles. The van der Waals surface area contributed by atoms with Crippen LogP contribution in [0.2, 0.25) is 0 Å². The van der Waals surface area contributed by atoms with Crippen LogP contribution in [0.3, 0.4) is 0 Å². The number of nitrogens with zero attached hydrogens (tertiary/aromatic N) is 3. The Hall–Kier alpha value is -3.07. The summed E-state index contributed by atoms with van der Waals surface area (Å²) in [4.78, 5) is 32.4. The predicted octanol–water partition coefficient (Wildman–Crippen LogP) is 4.89. The normalized spacial score (nSPS) is 22.5. The minimum absolute atomic E-state index is 0.0937. The number of hydrogen-bond acceptors (Lipinski definition) is 6. The van der Waals surface area contributed by atoms with E-state index in [4.69, 9.17) is 15.5 Å². The number of para-hydroxylation sites is 2. The number of amides is 2. The molecule has 5 rings (SSSR count). The number of thiophene rings is 1. The number of fused-ring (bicyclic) bond motifs is 1. The Labute approximate surface area is 196 Å². The second kappa shape index (κ2) is 7.76. The predicted molar refractivity (Wildman–Crippen MR) is 130 cm³/mol. The van der Waals surface area contributed by atoms with E-state index in [9.17, 15) is 9.59 Å². The van der Waals surface area contributed by atoms with Gasteiger partial charge in [0.15, 0.2) is 0 Å². The molecule has 3 N–H and O–H groups in total. The number of hydrogen-bond donors (Lipinski definition) is 2.